The summed E-state index contributed by atoms with van der Waals surface area (Å²) < 4.78 is 43.0. The summed E-state index contributed by atoms with van der Waals surface area (Å²) in [6.45, 7) is 2.11. The molecule has 17 heteroatoms. The van der Waals surface area contributed by atoms with Crippen molar-refractivity contribution in [2.24, 2.45) is 5.73 Å². The van der Waals surface area contributed by atoms with Crippen molar-refractivity contribution in [3.8, 4) is 0 Å². The smallest absolute Gasteiger partial charge is 0.225 e. The van der Waals surface area contributed by atoms with Crippen LogP contribution in [-0.2, 0) is 45.3 Å². The second-order valence-electron chi connectivity index (χ2n) is 9.26. The van der Waals surface area contributed by atoms with E-state index in [0.29, 0.717) is 51.1 Å². The molecule has 0 aliphatic rings. The highest BCUT2D eigenvalue weighted by Crippen LogP contribution is 2.02. The van der Waals surface area contributed by atoms with Gasteiger partial charge in [0.15, 0.2) is 0 Å². The van der Waals surface area contributed by atoms with Crippen LogP contribution in [0.25, 0.3) is 0 Å². The number of carbonyl (C=O) groups excluding carboxylic acids is 4. The van der Waals surface area contributed by atoms with Crippen LogP contribution in [0.4, 0.5) is 0 Å². The Bertz CT molecular complexity index is 1150. The largest absolute Gasteiger partial charge is 0.357 e. The van der Waals surface area contributed by atoms with Gasteiger partial charge in [-0.15, -0.1) is 0 Å². The molecule has 0 spiro atoms. The van der Waals surface area contributed by atoms with Crippen molar-refractivity contribution in [3.63, 3.8) is 0 Å². The first-order valence-electron chi connectivity index (χ1n) is 13.7. The number of nitrogens with two attached hydrogens (primary N) is 1. The Balaban J connectivity index is -0.000000310. The molecule has 0 fully saturated rings. The molecular formula is C28H57N6O8S3+. The number of hydrogen-bond donors (Lipinski definition) is 7. The maximum absolute atomic E-state index is 11.6. The van der Waals surface area contributed by atoms with Crippen LogP contribution < -0.4 is 32.7 Å². The summed E-state index contributed by atoms with van der Waals surface area (Å²) in [6.07, 6.45) is 4.19. The molecule has 0 aliphatic carbocycles. The zero-order valence-corrected chi connectivity index (χ0v) is 27.6. The molecule has 1 aromatic carbocycles. The van der Waals surface area contributed by atoms with E-state index >= 15 is 0 Å². The average Bonchev–Trinajstić information content (AvgIpc) is 2.91. The first-order valence-corrected chi connectivity index (χ1v) is 18.4. The minimum Gasteiger partial charge on any atom is -0.357 e. The van der Waals surface area contributed by atoms with Crippen molar-refractivity contribution in [3.05, 3.63) is 35.9 Å². The molecule has 45 heavy (non-hydrogen) atoms. The molecule has 1 rings (SSSR count). The number of hydrogen-bond acceptors (Lipinski definition) is 10. The number of nitrogens with one attached hydrogen (secondary N) is 4. The topological polar surface area (TPSA) is 238 Å². The molecule has 0 aromatic heterocycles. The molecule has 0 radical (unpaired) electrons. The van der Waals surface area contributed by atoms with Crippen molar-refractivity contribution >= 4 is 55.9 Å². The highest BCUT2D eigenvalue weighted by molar-refractivity contribution is 7.90. The van der Waals surface area contributed by atoms with Gasteiger partial charge >= 0.3 is 0 Å². The normalized spacial score (nSPS) is 10.2. The fourth-order valence-corrected chi connectivity index (χ4v) is 3.87. The van der Waals surface area contributed by atoms with Gasteiger partial charge in [-0.1, -0.05) is 45.2 Å². The van der Waals surface area contributed by atoms with Gasteiger partial charge in [0.25, 0.3) is 0 Å². The fourth-order valence-electron chi connectivity index (χ4n) is 2.81. The van der Waals surface area contributed by atoms with Crippen LogP contribution in [0.1, 0.15) is 46.1 Å². The van der Waals surface area contributed by atoms with E-state index in [-0.39, 0.29) is 76.0 Å². The van der Waals surface area contributed by atoms with Gasteiger partial charge in [0.05, 0.1) is 24.5 Å². The first kappa shape index (κ1) is 49.2. The molecule has 0 saturated carbocycles. The maximum atomic E-state index is 11.6. The average molecular weight is 702 g/mol. The fraction of sp³-hybridized carbons (Fsp3) is 0.643. The molecule has 0 saturated heterocycles. The first-order chi connectivity index (χ1) is 20.1. The van der Waals surface area contributed by atoms with Crippen molar-refractivity contribution in [2.45, 2.75) is 47.0 Å². The van der Waals surface area contributed by atoms with Gasteiger partial charge in [-0.2, -0.15) is 12.6 Å². The molecule has 0 atom stereocenters. The van der Waals surface area contributed by atoms with Crippen molar-refractivity contribution in [1.29, 1.82) is 0 Å². The van der Waals surface area contributed by atoms with Crippen LogP contribution in [-0.4, -0.2) is 110 Å². The maximum Gasteiger partial charge on any atom is 0.225 e. The number of thiol groups is 1. The van der Waals surface area contributed by atoms with Gasteiger partial charge in [0.1, 0.15) is 19.7 Å². The zero-order chi connectivity index (χ0) is 33.2. The van der Waals surface area contributed by atoms with Gasteiger partial charge in [-0.3, -0.25) is 19.2 Å². The molecule has 0 aliphatic heterocycles. The predicted molar refractivity (Wildman–Crippen MR) is 184 cm³/mol. The minimum absolute atomic E-state index is 0. The van der Waals surface area contributed by atoms with E-state index in [0.717, 1.165) is 18.1 Å². The third-order valence-electron chi connectivity index (χ3n) is 4.96. The third-order valence-corrected chi connectivity index (χ3v) is 7.07. The van der Waals surface area contributed by atoms with Crippen LogP contribution >= 0.6 is 12.6 Å². The van der Waals surface area contributed by atoms with E-state index in [1.807, 2.05) is 30.3 Å². The van der Waals surface area contributed by atoms with Crippen molar-refractivity contribution < 1.29 is 41.7 Å². The SMILES string of the molecule is C.C.CS(=O)(=O)CCNC(=O)CCNC(=O)CCc1ccccc1.CS(=O)(=O)CCNC(=O)CC[NH3+].NCCC(=O)NCCS. The lowest BCUT2D eigenvalue weighted by atomic mass is 10.1. The lowest BCUT2D eigenvalue weighted by Crippen LogP contribution is -2.52. The molecule has 0 heterocycles. The Morgan fingerprint density at radius 3 is 1.56 bits per heavy atom. The number of quaternary nitrogens is 1. The third kappa shape index (κ3) is 39.2. The predicted octanol–water partition coefficient (Wildman–Crippen LogP) is -1.28. The van der Waals surface area contributed by atoms with E-state index in [1.165, 1.54) is 0 Å². The monoisotopic (exact) mass is 701 g/mol. The number of rotatable bonds is 18. The van der Waals surface area contributed by atoms with Gasteiger partial charge in [-0.25, -0.2) is 16.8 Å². The molecule has 14 nitrogen and oxygen atoms in total. The van der Waals surface area contributed by atoms with E-state index < -0.39 is 19.7 Å². The van der Waals surface area contributed by atoms with Crippen molar-refractivity contribution in [1.82, 2.24) is 21.3 Å². The van der Waals surface area contributed by atoms with E-state index in [4.69, 9.17) is 5.73 Å². The van der Waals surface area contributed by atoms with Crippen LogP contribution in [0.2, 0.25) is 0 Å². The van der Waals surface area contributed by atoms with Crippen molar-refractivity contribution in [2.75, 3.05) is 69.0 Å². The molecular weight excluding hydrogens is 645 g/mol. The molecule has 0 unspecified atom stereocenters. The Hall–Kier alpha value is -2.73. The number of benzene rings is 1. The minimum atomic E-state index is -3.07. The number of sulfone groups is 2. The van der Waals surface area contributed by atoms with Gasteiger partial charge < -0.3 is 32.7 Å². The number of carbonyl (C=O) groups is 4. The van der Waals surface area contributed by atoms with Crippen LogP contribution in [0.3, 0.4) is 0 Å². The van der Waals surface area contributed by atoms with Crippen LogP contribution in [0.15, 0.2) is 30.3 Å². The molecule has 264 valence electrons. The van der Waals surface area contributed by atoms with Crippen LogP contribution in [0, 0.1) is 0 Å². The Morgan fingerprint density at radius 2 is 1.11 bits per heavy atom. The van der Waals surface area contributed by atoms with Gasteiger partial charge in [0.2, 0.25) is 23.6 Å². The second-order valence-corrected chi connectivity index (χ2v) is 14.2. The van der Waals surface area contributed by atoms with E-state index in [9.17, 15) is 36.0 Å². The summed E-state index contributed by atoms with van der Waals surface area (Å²) >= 11 is 3.92. The molecule has 9 N–H and O–H groups in total. The highest BCUT2D eigenvalue weighted by Gasteiger charge is 2.07. The summed E-state index contributed by atoms with van der Waals surface area (Å²) in [7, 11) is -6.04. The van der Waals surface area contributed by atoms with Gasteiger partial charge in [0, 0.05) is 70.3 Å². The second kappa shape index (κ2) is 30.0. The zero-order valence-electron chi connectivity index (χ0n) is 25.1. The Morgan fingerprint density at radius 1 is 0.689 bits per heavy atom. The van der Waals surface area contributed by atoms with E-state index in [2.05, 4.69) is 39.6 Å². The van der Waals surface area contributed by atoms with Gasteiger partial charge in [-0.05, 0) is 12.0 Å². The lowest BCUT2D eigenvalue weighted by molar-refractivity contribution is -0.366. The number of aryl methyl sites for hydroxylation is 1. The highest BCUT2D eigenvalue weighted by atomic mass is 32.2. The quantitative estimate of drug-likeness (QED) is 0.0901. The van der Waals surface area contributed by atoms with Crippen LogP contribution in [0.5, 0.6) is 0 Å². The Labute approximate surface area is 275 Å². The number of amides is 4. The molecule has 1 aromatic rings. The summed E-state index contributed by atoms with van der Waals surface area (Å²) in [5.41, 5.74) is 9.72. The summed E-state index contributed by atoms with van der Waals surface area (Å²) in [6, 6.07) is 9.69. The summed E-state index contributed by atoms with van der Waals surface area (Å²) in [4.78, 5) is 44.4. The standard InChI is InChI=1S/C15H22N2O4S.C6H14N2O3S.C5H12N2OS.2CH4/c1-22(20,21)12-11-17-15(19)9-10-16-14(18)8-7-13-5-3-2-4-6-13;1-12(10,11)5-4-8-6(9)2-3-7;6-2-1-5(8)7-3-4-9;;/h2-6H,7-12H2,1H3,(H,16,18)(H,17,19);2-5,7H2,1H3,(H,8,9);9H,1-4,6H2,(H,7,8);2*1H4/p+1. The summed E-state index contributed by atoms with van der Waals surface area (Å²) in [5, 5.41) is 10.3. The summed E-state index contributed by atoms with van der Waals surface area (Å²) in [5.74, 6) is 0.0777. The lowest BCUT2D eigenvalue weighted by Gasteiger charge is -2.06. The molecule has 0 bridgehead atoms. The molecule has 4 amide bonds. The Kier molecular flexibility index (Phi) is 32.7. The van der Waals surface area contributed by atoms with E-state index in [1.54, 1.807) is 0 Å².